The number of carbonyl (C=O) groups excluding carboxylic acids is 1. The molecule has 1 amide bonds. The summed E-state index contributed by atoms with van der Waals surface area (Å²) in [5.41, 5.74) is 3.03. The Kier molecular flexibility index (Phi) is 4.30. The van der Waals surface area contributed by atoms with Crippen LogP contribution in [0.3, 0.4) is 0 Å². The van der Waals surface area contributed by atoms with E-state index < -0.39 is 0 Å². The van der Waals surface area contributed by atoms with E-state index in [1.807, 2.05) is 43.3 Å². The van der Waals surface area contributed by atoms with Gasteiger partial charge in [0.25, 0.3) is 5.91 Å². The molecule has 0 radical (unpaired) electrons. The van der Waals surface area contributed by atoms with Crippen molar-refractivity contribution in [3.05, 3.63) is 78.4 Å². The summed E-state index contributed by atoms with van der Waals surface area (Å²) in [6, 6.07) is 14.9. The minimum absolute atomic E-state index is 0.106. The molecule has 0 unspecified atom stereocenters. The zero-order chi connectivity index (χ0) is 18.8. The lowest BCUT2D eigenvalue weighted by Crippen LogP contribution is -2.26. The van der Waals surface area contributed by atoms with Gasteiger partial charge in [0.15, 0.2) is 5.75 Å². The highest BCUT2D eigenvalue weighted by Crippen LogP contribution is 2.25. The van der Waals surface area contributed by atoms with Crippen molar-refractivity contribution in [2.75, 3.05) is 11.9 Å². The molecule has 0 atom stereocenters. The quantitative estimate of drug-likeness (QED) is 0.589. The maximum atomic E-state index is 12.9. The van der Waals surface area contributed by atoms with E-state index in [0.29, 0.717) is 22.9 Å². The number of rotatable bonds is 4. The van der Waals surface area contributed by atoms with E-state index in [-0.39, 0.29) is 5.91 Å². The van der Waals surface area contributed by atoms with Crippen LogP contribution in [0.5, 0.6) is 11.6 Å². The van der Waals surface area contributed by atoms with Crippen LogP contribution >= 0.6 is 0 Å². The van der Waals surface area contributed by atoms with Crippen LogP contribution in [0.25, 0.3) is 10.9 Å². The van der Waals surface area contributed by atoms with Crippen LogP contribution in [0.4, 0.5) is 5.69 Å². The first kappa shape index (κ1) is 16.8. The lowest BCUT2D eigenvalue weighted by Gasteiger charge is -2.17. The van der Waals surface area contributed by atoms with E-state index in [2.05, 4.69) is 15.0 Å². The molecule has 0 aliphatic heterocycles. The van der Waals surface area contributed by atoms with Crippen molar-refractivity contribution in [1.29, 1.82) is 0 Å². The number of ether oxygens (including phenoxy) is 1. The molecule has 4 rings (SSSR count). The van der Waals surface area contributed by atoms with Gasteiger partial charge in [-0.05, 0) is 31.2 Å². The SMILES string of the molecule is Cc1ncccc1Oc1ccc(N(C)C(=O)c2c[nH]c3ccccc23)cn1. The number of aromatic nitrogens is 3. The molecule has 1 N–H and O–H groups in total. The maximum absolute atomic E-state index is 12.9. The van der Waals surface area contributed by atoms with Crippen molar-refractivity contribution in [1.82, 2.24) is 15.0 Å². The molecule has 0 aliphatic rings. The molecule has 0 fully saturated rings. The Morgan fingerprint density at radius 3 is 2.70 bits per heavy atom. The van der Waals surface area contributed by atoms with Crippen molar-refractivity contribution >= 4 is 22.5 Å². The average Bonchev–Trinajstić information content (AvgIpc) is 3.13. The molecule has 27 heavy (non-hydrogen) atoms. The summed E-state index contributed by atoms with van der Waals surface area (Å²) >= 11 is 0. The lowest BCUT2D eigenvalue weighted by molar-refractivity contribution is 0.0994. The Hall–Kier alpha value is -3.67. The largest absolute Gasteiger partial charge is 0.437 e. The minimum atomic E-state index is -0.106. The number of benzene rings is 1. The fourth-order valence-corrected chi connectivity index (χ4v) is 2.87. The van der Waals surface area contributed by atoms with E-state index in [9.17, 15) is 4.79 Å². The lowest BCUT2D eigenvalue weighted by atomic mass is 10.1. The zero-order valence-corrected chi connectivity index (χ0v) is 15.0. The third kappa shape index (κ3) is 3.25. The van der Waals surface area contributed by atoms with E-state index in [1.54, 1.807) is 42.7 Å². The number of para-hydroxylation sites is 1. The molecule has 6 nitrogen and oxygen atoms in total. The summed E-state index contributed by atoms with van der Waals surface area (Å²) < 4.78 is 5.75. The van der Waals surface area contributed by atoms with E-state index >= 15 is 0 Å². The first-order chi connectivity index (χ1) is 13.1. The average molecular weight is 358 g/mol. The molecule has 6 heteroatoms. The summed E-state index contributed by atoms with van der Waals surface area (Å²) in [7, 11) is 1.73. The summed E-state index contributed by atoms with van der Waals surface area (Å²) in [4.78, 5) is 26.1. The van der Waals surface area contributed by atoms with Crippen LogP contribution < -0.4 is 9.64 Å². The number of nitrogens with zero attached hydrogens (tertiary/aromatic N) is 3. The molecule has 0 saturated carbocycles. The highest BCUT2D eigenvalue weighted by molar-refractivity contribution is 6.13. The molecule has 4 aromatic rings. The Morgan fingerprint density at radius 2 is 1.93 bits per heavy atom. The Labute approximate surface area is 156 Å². The molecule has 3 aromatic heterocycles. The van der Waals surface area contributed by atoms with Crippen LogP contribution in [-0.2, 0) is 0 Å². The van der Waals surface area contributed by atoms with Crippen molar-refractivity contribution in [2.45, 2.75) is 6.92 Å². The fourth-order valence-electron chi connectivity index (χ4n) is 2.87. The second-order valence-corrected chi connectivity index (χ2v) is 6.16. The van der Waals surface area contributed by atoms with Crippen molar-refractivity contribution in [2.24, 2.45) is 0 Å². The maximum Gasteiger partial charge on any atom is 0.260 e. The molecule has 0 aliphatic carbocycles. The molecule has 1 aromatic carbocycles. The topological polar surface area (TPSA) is 71.1 Å². The first-order valence-electron chi connectivity index (χ1n) is 8.53. The van der Waals surface area contributed by atoms with Crippen molar-refractivity contribution < 1.29 is 9.53 Å². The van der Waals surface area contributed by atoms with Crippen molar-refractivity contribution in [3.8, 4) is 11.6 Å². The van der Waals surface area contributed by atoms with Gasteiger partial charge >= 0.3 is 0 Å². The standard InChI is InChI=1S/C21H18N4O2/c1-14-19(8-5-11-22-14)27-20-10-9-15(12-24-20)25(2)21(26)17-13-23-18-7-4-3-6-16(17)18/h3-13,23H,1-2H3. The number of aryl methyl sites for hydroxylation is 1. The van der Waals surface area contributed by atoms with Crippen LogP contribution in [0, 0.1) is 6.92 Å². The number of pyridine rings is 2. The Morgan fingerprint density at radius 1 is 1.07 bits per heavy atom. The van der Waals surface area contributed by atoms with Gasteiger partial charge in [-0.25, -0.2) is 4.98 Å². The highest BCUT2D eigenvalue weighted by Gasteiger charge is 2.17. The summed E-state index contributed by atoms with van der Waals surface area (Å²) in [5, 5.41) is 0.898. The number of hydrogen-bond donors (Lipinski definition) is 1. The van der Waals surface area contributed by atoms with Crippen LogP contribution in [0.2, 0.25) is 0 Å². The predicted octanol–water partition coefficient (Wildman–Crippen LogP) is 4.34. The fraction of sp³-hybridized carbons (Fsp3) is 0.0952. The van der Waals surface area contributed by atoms with Crippen LogP contribution in [-0.4, -0.2) is 27.9 Å². The third-order valence-electron chi connectivity index (χ3n) is 4.41. The van der Waals surface area contributed by atoms with Crippen LogP contribution in [0.15, 0.2) is 67.1 Å². The number of H-pyrrole nitrogens is 1. The number of hydrogen-bond acceptors (Lipinski definition) is 4. The number of nitrogens with one attached hydrogen (secondary N) is 1. The van der Waals surface area contributed by atoms with Crippen LogP contribution in [0.1, 0.15) is 16.1 Å². The smallest absolute Gasteiger partial charge is 0.260 e. The molecule has 134 valence electrons. The normalized spacial score (nSPS) is 10.7. The molecular formula is C21H18N4O2. The second-order valence-electron chi connectivity index (χ2n) is 6.16. The Balaban J connectivity index is 1.54. The number of amides is 1. The molecule has 0 bridgehead atoms. The summed E-state index contributed by atoms with van der Waals surface area (Å²) in [6.07, 6.45) is 5.07. The van der Waals surface area contributed by atoms with Gasteiger partial charge in [0, 0.05) is 36.4 Å². The monoisotopic (exact) mass is 358 g/mol. The molecule has 0 saturated heterocycles. The number of fused-ring (bicyclic) bond motifs is 1. The predicted molar refractivity (Wildman–Crippen MR) is 104 cm³/mol. The highest BCUT2D eigenvalue weighted by atomic mass is 16.5. The Bertz CT molecular complexity index is 1100. The van der Waals surface area contributed by atoms with Gasteiger partial charge in [0.05, 0.1) is 23.1 Å². The van der Waals surface area contributed by atoms with Gasteiger partial charge in [0.2, 0.25) is 5.88 Å². The number of aromatic amines is 1. The van der Waals surface area contributed by atoms with E-state index in [0.717, 1.165) is 16.6 Å². The third-order valence-corrected chi connectivity index (χ3v) is 4.41. The van der Waals surface area contributed by atoms with Gasteiger partial charge in [-0.15, -0.1) is 0 Å². The van der Waals surface area contributed by atoms with E-state index in [4.69, 9.17) is 4.74 Å². The summed E-state index contributed by atoms with van der Waals surface area (Å²) in [6.45, 7) is 1.87. The van der Waals surface area contributed by atoms with E-state index in [1.165, 1.54) is 0 Å². The van der Waals surface area contributed by atoms with Gasteiger partial charge in [-0.1, -0.05) is 18.2 Å². The molecule has 0 spiro atoms. The molecule has 3 heterocycles. The minimum Gasteiger partial charge on any atom is -0.437 e. The van der Waals surface area contributed by atoms with Gasteiger partial charge < -0.3 is 14.6 Å². The first-order valence-corrected chi connectivity index (χ1v) is 8.53. The number of carbonyl (C=O) groups is 1. The second kappa shape index (κ2) is 6.92. The van der Waals surface area contributed by atoms with Gasteiger partial charge in [-0.2, -0.15) is 0 Å². The van der Waals surface area contributed by atoms with Crippen molar-refractivity contribution in [3.63, 3.8) is 0 Å². The van der Waals surface area contributed by atoms with Gasteiger partial charge in [0.1, 0.15) is 0 Å². The molecular weight excluding hydrogens is 340 g/mol. The zero-order valence-electron chi connectivity index (χ0n) is 15.0. The van der Waals surface area contributed by atoms with Gasteiger partial charge in [-0.3, -0.25) is 9.78 Å². The summed E-state index contributed by atoms with van der Waals surface area (Å²) in [5.74, 6) is 0.995. The number of anilines is 1.